The van der Waals surface area contributed by atoms with Gasteiger partial charge in [0.1, 0.15) is 0 Å². The molecule has 0 atom stereocenters. The Morgan fingerprint density at radius 2 is 0.761 bits per heavy atom. The largest absolute Gasteiger partial charge is 0.478 e. The molecular formula is C36H24N4O6. The molecule has 46 heavy (non-hydrogen) atoms. The number of hydrogen-bond acceptors (Lipinski definition) is 6. The van der Waals surface area contributed by atoms with Crippen molar-refractivity contribution in [2.24, 2.45) is 0 Å². The van der Waals surface area contributed by atoms with E-state index in [0.717, 1.165) is 0 Å². The summed E-state index contributed by atoms with van der Waals surface area (Å²) in [4.78, 5) is 52.3. The Labute approximate surface area is 260 Å². The van der Waals surface area contributed by atoms with Crippen LogP contribution in [0.25, 0.3) is 43.1 Å². The number of fused-ring (bicyclic) bond motifs is 2. The second-order valence-electron chi connectivity index (χ2n) is 10.8. The van der Waals surface area contributed by atoms with Crippen LogP contribution in [0.5, 0.6) is 0 Å². The van der Waals surface area contributed by atoms with Crippen molar-refractivity contribution in [2.75, 3.05) is 22.1 Å². The van der Waals surface area contributed by atoms with E-state index in [1.807, 2.05) is 0 Å². The van der Waals surface area contributed by atoms with E-state index in [1.165, 1.54) is 12.1 Å². The van der Waals surface area contributed by atoms with Gasteiger partial charge >= 0.3 is 11.9 Å². The van der Waals surface area contributed by atoms with Gasteiger partial charge in [0, 0.05) is 21.9 Å². The fraction of sp³-hybridized carbons (Fsp3) is 0. The molecule has 0 radical (unpaired) electrons. The van der Waals surface area contributed by atoms with Crippen molar-refractivity contribution in [1.82, 2.24) is 0 Å². The first-order valence-electron chi connectivity index (χ1n) is 14.1. The lowest BCUT2D eigenvalue weighted by atomic mass is 9.84. The lowest BCUT2D eigenvalue weighted by Gasteiger charge is -2.20. The summed E-state index contributed by atoms with van der Waals surface area (Å²) in [7, 11) is 0. The van der Waals surface area contributed by atoms with Crippen LogP contribution in [0.4, 0.5) is 22.7 Å². The molecule has 7 aromatic carbocycles. The van der Waals surface area contributed by atoms with E-state index < -0.39 is 23.8 Å². The van der Waals surface area contributed by atoms with Crippen LogP contribution in [-0.2, 0) is 0 Å². The summed E-state index contributed by atoms with van der Waals surface area (Å²) >= 11 is 0. The highest BCUT2D eigenvalue weighted by atomic mass is 16.4. The molecule has 0 heterocycles. The number of carbonyl (C=O) groups is 4. The predicted molar refractivity (Wildman–Crippen MR) is 179 cm³/mol. The Balaban J connectivity index is 1.57. The van der Waals surface area contributed by atoms with Crippen molar-refractivity contribution in [3.05, 3.63) is 119 Å². The maximum absolute atomic E-state index is 13.9. The third-order valence-corrected chi connectivity index (χ3v) is 8.27. The third kappa shape index (κ3) is 4.27. The standard InChI is InChI=1S/C36H24N4O6/c37-25-5-1-3-7-27(25)39-33(41)21-13-9-17-19-11-15-23(35(43)44)32-24(36(45)46)16-12-20(30(19)32)18-10-14-22(31(21)29(17)18)34(42)40-28-8-4-2-6-26(28)38/h1-16H,37-38H2,(H,39,41)(H,40,42)(H,43,44)(H,45,46). The van der Waals surface area contributed by atoms with Gasteiger partial charge in [-0.15, -0.1) is 0 Å². The molecule has 0 unspecified atom stereocenters. The number of nitrogens with one attached hydrogen (secondary N) is 2. The summed E-state index contributed by atoms with van der Waals surface area (Å²) in [5, 5.41) is 29.5. The number of nitrogen functional groups attached to an aromatic ring is 2. The van der Waals surface area contributed by atoms with Crippen LogP contribution in [0.1, 0.15) is 41.4 Å². The van der Waals surface area contributed by atoms with Crippen molar-refractivity contribution in [3.63, 3.8) is 0 Å². The molecule has 8 N–H and O–H groups in total. The van der Waals surface area contributed by atoms with Crippen LogP contribution in [0.3, 0.4) is 0 Å². The van der Waals surface area contributed by atoms with Crippen molar-refractivity contribution in [1.29, 1.82) is 0 Å². The number of anilines is 4. The fourth-order valence-electron chi connectivity index (χ4n) is 6.22. The SMILES string of the molecule is Nc1ccccc1NC(=O)c1ccc2c3ccc(C(=O)O)c4c(C(=O)O)ccc(c5ccc(C(=O)Nc6ccccc6N)c1c25)c43. The number of nitrogens with two attached hydrogens (primary N) is 2. The van der Waals surface area contributed by atoms with Crippen molar-refractivity contribution < 1.29 is 29.4 Å². The highest BCUT2D eigenvalue weighted by Gasteiger charge is 2.26. The Kier molecular flexibility index (Phi) is 6.41. The van der Waals surface area contributed by atoms with E-state index in [9.17, 15) is 29.4 Å². The number of para-hydroxylation sites is 4. The molecule has 7 rings (SSSR count). The topological polar surface area (TPSA) is 185 Å². The quantitative estimate of drug-likeness (QED) is 0.0676. The Morgan fingerprint density at radius 1 is 0.435 bits per heavy atom. The summed E-state index contributed by atoms with van der Waals surface area (Å²) in [6, 6.07) is 26.2. The summed E-state index contributed by atoms with van der Waals surface area (Å²) in [5.74, 6) is -3.54. The van der Waals surface area contributed by atoms with Crippen molar-refractivity contribution >= 4 is 89.6 Å². The third-order valence-electron chi connectivity index (χ3n) is 8.27. The zero-order valence-electron chi connectivity index (χ0n) is 23.9. The zero-order chi connectivity index (χ0) is 32.3. The number of amides is 2. The van der Waals surface area contributed by atoms with Crippen molar-refractivity contribution in [2.45, 2.75) is 0 Å². The van der Waals surface area contributed by atoms with Crippen LogP contribution in [0, 0.1) is 0 Å². The molecule has 0 aromatic heterocycles. The van der Waals surface area contributed by atoms with Crippen LogP contribution in [-0.4, -0.2) is 34.0 Å². The Bertz CT molecular complexity index is 2290. The number of rotatable bonds is 6. The minimum Gasteiger partial charge on any atom is -0.478 e. The van der Waals surface area contributed by atoms with Gasteiger partial charge in [-0.1, -0.05) is 48.5 Å². The number of carbonyl (C=O) groups excluding carboxylic acids is 2. The second kappa shape index (κ2) is 10.5. The minimum absolute atomic E-state index is 0.0940. The normalized spacial score (nSPS) is 11.3. The zero-order valence-corrected chi connectivity index (χ0v) is 23.9. The van der Waals surface area contributed by atoms with Crippen molar-refractivity contribution in [3.8, 4) is 0 Å². The number of carboxylic acids is 2. The van der Waals surface area contributed by atoms with E-state index >= 15 is 0 Å². The van der Waals surface area contributed by atoms with E-state index in [2.05, 4.69) is 10.6 Å². The number of aromatic carboxylic acids is 2. The summed E-state index contributed by atoms with van der Waals surface area (Å²) in [6.45, 7) is 0. The van der Waals surface area contributed by atoms with Crippen LogP contribution in [0.15, 0.2) is 97.1 Å². The monoisotopic (exact) mass is 608 g/mol. The van der Waals surface area contributed by atoms with Gasteiger partial charge in [-0.05, 0) is 80.8 Å². The molecule has 0 saturated heterocycles. The van der Waals surface area contributed by atoms with E-state index in [1.54, 1.807) is 84.9 Å². The molecule has 0 fully saturated rings. The molecule has 7 aromatic rings. The highest BCUT2D eigenvalue weighted by molar-refractivity contribution is 6.39. The maximum Gasteiger partial charge on any atom is 0.336 e. The predicted octanol–water partition coefficient (Wildman–Crippen LogP) is 6.80. The highest BCUT2D eigenvalue weighted by Crippen LogP contribution is 2.44. The lowest BCUT2D eigenvalue weighted by Crippen LogP contribution is -2.18. The molecule has 0 bridgehead atoms. The van der Waals surface area contributed by atoms with Gasteiger partial charge in [-0.2, -0.15) is 0 Å². The van der Waals surface area contributed by atoms with Crippen LogP contribution < -0.4 is 22.1 Å². The van der Waals surface area contributed by atoms with Crippen LogP contribution in [0.2, 0.25) is 0 Å². The number of hydrogen-bond donors (Lipinski definition) is 6. The molecule has 2 amide bonds. The van der Waals surface area contributed by atoms with Crippen LogP contribution >= 0.6 is 0 Å². The molecule has 0 aliphatic heterocycles. The first-order chi connectivity index (χ1) is 22.2. The number of benzene rings is 7. The summed E-state index contributed by atoms with van der Waals surface area (Å²) < 4.78 is 0. The molecule has 0 aliphatic rings. The average molecular weight is 609 g/mol. The molecule has 224 valence electrons. The average Bonchev–Trinajstić information content (AvgIpc) is 3.04. The molecule has 0 aliphatic carbocycles. The Hall–Kier alpha value is -6.68. The van der Waals surface area contributed by atoms with Gasteiger partial charge < -0.3 is 32.3 Å². The lowest BCUT2D eigenvalue weighted by molar-refractivity contribution is 0.0695. The molecule has 10 heteroatoms. The van der Waals surface area contributed by atoms with E-state index in [0.29, 0.717) is 60.5 Å². The van der Waals surface area contributed by atoms with Gasteiger partial charge in [0.05, 0.1) is 33.9 Å². The van der Waals surface area contributed by atoms with Gasteiger partial charge in [0.15, 0.2) is 0 Å². The molecule has 0 spiro atoms. The summed E-state index contributed by atoms with van der Waals surface area (Å²) in [6.07, 6.45) is 0. The smallest absolute Gasteiger partial charge is 0.336 e. The van der Waals surface area contributed by atoms with E-state index in [4.69, 9.17) is 11.5 Å². The first-order valence-corrected chi connectivity index (χ1v) is 14.1. The second-order valence-corrected chi connectivity index (χ2v) is 10.8. The molecule has 0 saturated carbocycles. The van der Waals surface area contributed by atoms with Gasteiger partial charge in [-0.3, -0.25) is 9.59 Å². The van der Waals surface area contributed by atoms with E-state index in [-0.39, 0.29) is 27.6 Å². The molecule has 10 nitrogen and oxygen atoms in total. The first kappa shape index (κ1) is 28.1. The minimum atomic E-state index is -1.26. The van der Waals surface area contributed by atoms with Gasteiger partial charge in [-0.25, -0.2) is 9.59 Å². The Morgan fingerprint density at radius 3 is 1.11 bits per heavy atom. The fourth-order valence-corrected chi connectivity index (χ4v) is 6.22. The maximum atomic E-state index is 13.9. The van der Waals surface area contributed by atoms with Gasteiger partial charge in [0.2, 0.25) is 0 Å². The number of carboxylic acid groups (broad SMARTS) is 2. The molecular weight excluding hydrogens is 584 g/mol. The van der Waals surface area contributed by atoms with Gasteiger partial charge in [0.25, 0.3) is 11.8 Å². The summed E-state index contributed by atoms with van der Waals surface area (Å²) in [5.41, 5.74) is 13.8.